The highest BCUT2D eigenvalue weighted by Gasteiger charge is 2.10. The van der Waals surface area contributed by atoms with Gasteiger partial charge in [-0.3, -0.25) is 10.1 Å². The molecule has 0 aliphatic heterocycles. The molecule has 0 spiro atoms. The van der Waals surface area contributed by atoms with E-state index in [-0.39, 0.29) is 6.04 Å². The molecule has 134 valence electrons. The standard InChI is InChI=1S/C18H25N5OS/c1-13(12-24-4)20-18(25)21-19-10-17-14(2)22-23(15(17)3)11-16-8-6-5-7-9-16/h5-10,13H,11-12H2,1-4H3,(H2,20,21,25)/b19-10-/t13-/m1/s1. The van der Waals surface area contributed by atoms with Gasteiger partial charge in [0.2, 0.25) is 0 Å². The van der Waals surface area contributed by atoms with E-state index in [0.717, 1.165) is 23.5 Å². The number of ether oxygens (including phenoxy) is 1. The Bertz CT molecular complexity index is 727. The van der Waals surface area contributed by atoms with Crippen molar-refractivity contribution in [1.82, 2.24) is 20.5 Å². The number of methoxy groups -OCH3 is 1. The average Bonchev–Trinajstić information content (AvgIpc) is 2.83. The summed E-state index contributed by atoms with van der Waals surface area (Å²) in [5.74, 6) is 0. The summed E-state index contributed by atoms with van der Waals surface area (Å²) in [7, 11) is 1.66. The van der Waals surface area contributed by atoms with Gasteiger partial charge >= 0.3 is 0 Å². The Morgan fingerprint density at radius 1 is 1.36 bits per heavy atom. The molecule has 25 heavy (non-hydrogen) atoms. The fourth-order valence-electron chi connectivity index (χ4n) is 2.51. The maximum atomic E-state index is 5.21. The molecule has 0 saturated heterocycles. The average molecular weight is 359 g/mol. The van der Waals surface area contributed by atoms with Crippen LogP contribution in [0.3, 0.4) is 0 Å². The number of aromatic nitrogens is 2. The number of nitrogens with one attached hydrogen (secondary N) is 2. The first kappa shape index (κ1) is 19.1. The second-order valence-corrected chi connectivity index (χ2v) is 6.34. The van der Waals surface area contributed by atoms with Crippen LogP contribution in [0.4, 0.5) is 0 Å². The number of benzene rings is 1. The van der Waals surface area contributed by atoms with Crippen molar-refractivity contribution in [3.05, 3.63) is 52.8 Å². The number of thiocarbonyl (C=S) groups is 1. The number of hydrogen-bond donors (Lipinski definition) is 2. The van der Waals surface area contributed by atoms with Crippen molar-refractivity contribution in [3.63, 3.8) is 0 Å². The molecule has 0 amide bonds. The minimum atomic E-state index is 0.122. The summed E-state index contributed by atoms with van der Waals surface area (Å²) in [4.78, 5) is 0. The van der Waals surface area contributed by atoms with Crippen LogP contribution >= 0.6 is 12.2 Å². The molecule has 0 aliphatic rings. The first-order valence-electron chi connectivity index (χ1n) is 8.17. The van der Waals surface area contributed by atoms with E-state index < -0.39 is 0 Å². The molecule has 2 N–H and O–H groups in total. The lowest BCUT2D eigenvalue weighted by atomic mass is 10.2. The molecular weight excluding hydrogens is 334 g/mol. The number of aryl methyl sites for hydroxylation is 1. The van der Waals surface area contributed by atoms with Crippen LogP contribution in [0.2, 0.25) is 0 Å². The molecular formula is C18H25N5OS. The number of rotatable bonds is 7. The molecule has 1 aromatic heterocycles. The van der Waals surface area contributed by atoms with Crippen LogP contribution in [0, 0.1) is 13.8 Å². The molecule has 0 radical (unpaired) electrons. The Balaban J connectivity index is 1.99. The minimum Gasteiger partial charge on any atom is -0.383 e. The fraction of sp³-hybridized carbons (Fsp3) is 0.389. The highest BCUT2D eigenvalue weighted by molar-refractivity contribution is 7.80. The second kappa shape index (κ2) is 9.29. The van der Waals surface area contributed by atoms with Crippen molar-refractivity contribution in [1.29, 1.82) is 0 Å². The smallest absolute Gasteiger partial charge is 0.187 e. The van der Waals surface area contributed by atoms with Gasteiger partial charge in [0.05, 0.1) is 25.1 Å². The molecule has 1 aromatic carbocycles. The molecule has 1 atom stereocenters. The largest absolute Gasteiger partial charge is 0.383 e. The quantitative estimate of drug-likeness (QED) is 0.451. The third-order valence-corrected chi connectivity index (χ3v) is 3.98. The summed E-state index contributed by atoms with van der Waals surface area (Å²) < 4.78 is 7.05. The number of nitrogens with zero attached hydrogens (tertiary/aromatic N) is 3. The van der Waals surface area contributed by atoms with Gasteiger partial charge in [0.25, 0.3) is 0 Å². The lowest BCUT2D eigenvalue weighted by molar-refractivity contribution is 0.179. The summed E-state index contributed by atoms with van der Waals surface area (Å²) in [5, 5.41) is 12.4. The monoisotopic (exact) mass is 359 g/mol. The van der Waals surface area contributed by atoms with Crippen LogP contribution in [0.15, 0.2) is 35.4 Å². The van der Waals surface area contributed by atoms with Gasteiger partial charge in [0, 0.05) is 24.4 Å². The van der Waals surface area contributed by atoms with Crippen LogP contribution in [-0.4, -0.2) is 40.9 Å². The maximum Gasteiger partial charge on any atom is 0.187 e. The normalized spacial score (nSPS) is 12.3. The summed E-state index contributed by atoms with van der Waals surface area (Å²) in [6.45, 7) is 7.33. The van der Waals surface area contributed by atoms with Gasteiger partial charge < -0.3 is 10.1 Å². The van der Waals surface area contributed by atoms with Crippen molar-refractivity contribution >= 4 is 23.5 Å². The van der Waals surface area contributed by atoms with Gasteiger partial charge in [0.1, 0.15) is 0 Å². The van der Waals surface area contributed by atoms with Crippen molar-refractivity contribution in [2.45, 2.75) is 33.4 Å². The summed E-state index contributed by atoms with van der Waals surface area (Å²) >= 11 is 5.21. The highest BCUT2D eigenvalue weighted by Crippen LogP contribution is 2.12. The zero-order valence-electron chi connectivity index (χ0n) is 15.1. The highest BCUT2D eigenvalue weighted by atomic mass is 32.1. The molecule has 0 bridgehead atoms. The van der Waals surface area contributed by atoms with Crippen LogP contribution in [0.5, 0.6) is 0 Å². The van der Waals surface area contributed by atoms with Gasteiger partial charge in [-0.15, -0.1) is 0 Å². The number of hydrazone groups is 1. The maximum absolute atomic E-state index is 5.21. The Hall–Kier alpha value is -2.25. The van der Waals surface area contributed by atoms with E-state index >= 15 is 0 Å². The molecule has 2 rings (SSSR count). The summed E-state index contributed by atoms with van der Waals surface area (Å²) in [5.41, 5.74) is 7.05. The Kier molecular flexibility index (Phi) is 7.09. The molecule has 0 unspecified atom stereocenters. The fourth-order valence-corrected chi connectivity index (χ4v) is 2.76. The van der Waals surface area contributed by atoms with Crippen molar-refractivity contribution in [2.24, 2.45) is 5.10 Å². The molecule has 0 saturated carbocycles. The van der Waals surface area contributed by atoms with Gasteiger partial charge in [-0.25, -0.2) is 0 Å². The predicted molar refractivity (Wildman–Crippen MR) is 105 cm³/mol. The second-order valence-electron chi connectivity index (χ2n) is 5.93. The summed E-state index contributed by atoms with van der Waals surface area (Å²) in [6, 6.07) is 10.4. The van der Waals surface area contributed by atoms with Gasteiger partial charge in [-0.2, -0.15) is 10.2 Å². The Morgan fingerprint density at radius 3 is 2.76 bits per heavy atom. The van der Waals surface area contributed by atoms with E-state index in [1.807, 2.05) is 43.7 Å². The molecule has 2 aromatic rings. The minimum absolute atomic E-state index is 0.122. The molecule has 0 fully saturated rings. The third kappa shape index (κ3) is 5.65. The van der Waals surface area contributed by atoms with Crippen LogP contribution < -0.4 is 10.7 Å². The summed E-state index contributed by atoms with van der Waals surface area (Å²) in [6.07, 6.45) is 1.76. The predicted octanol–water partition coefficient (Wildman–Crippen LogP) is 2.38. The van der Waals surface area contributed by atoms with E-state index in [9.17, 15) is 0 Å². The SMILES string of the molecule is COC[C@@H](C)NC(=S)N/N=C\c1c(C)nn(Cc2ccccc2)c1C. The molecule has 7 heteroatoms. The van der Waals surface area contributed by atoms with Crippen LogP contribution in [-0.2, 0) is 11.3 Å². The van der Waals surface area contributed by atoms with Crippen LogP contribution in [0.25, 0.3) is 0 Å². The lowest BCUT2D eigenvalue weighted by Crippen LogP contribution is -2.40. The third-order valence-electron chi connectivity index (χ3n) is 3.77. The van der Waals surface area contributed by atoms with Gasteiger partial charge in [-0.05, 0) is 38.6 Å². The van der Waals surface area contributed by atoms with Crippen molar-refractivity contribution in [2.75, 3.05) is 13.7 Å². The molecule has 0 aliphatic carbocycles. The van der Waals surface area contributed by atoms with E-state index in [1.165, 1.54) is 5.56 Å². The zero-order valence-corrected chi connectivity index (χ0v) is 15.9. The van der Waals surface area contributed by atoms with E-state index in [2.05, 4.69) is 33.1 Å². The molecule has 1 heterocycles. The van der Waals surface area contributed by atoms with Crippen molar-refractivity contribution < 1.29 is 4.74 Å². The van der Waals surface area contributed by atoms with E-state index in [0.29, 0.717) is 11.7 Å². The number of hydrogen-bond acceptors (Lipinski definition) is 4. The Labute approximate surface area is 154 Å². The van der Waals surface area contributed by atoms with Gasteiger partial charge in [0.15, 0.2) is 5.11 Å². The van der Waals surface area contributed by atoms with Crippen LogP contribution in [0.1, 0.15) is 29.4 Å². The molecule has 6 nitrogen and oxygen atoms in total. The Morgan fingerprint density at radius 2 is 2.08 bits per heavy atom. The topological polar surface area (TPSA) is 63.5 Å². The lowest BCUT2D eigenvalue weighted by Gasteiger charge is -2.13. The first-order valence-corrected chi connectivity index (χ1v) is 8.58. The van der Waals surface area contributed by atoms with Gasteiger partial charge in [-0.1, -0.05) is 30.3 Å². The van der Waals surface area contributed by atoms with Crippen molar-refractivity contribution in [3.8, 4) is 0 Å². The van der Waals surface area contributed by atoms with E-state index in [4.69, 9.17) is 17.0 Å². The zero-order chi connectivity index (χ0) is 18.2. The van der Waals surface area contributed by atoms with E-state index in [1.54, 1.807) is 13.3 Å². The first-order chi connectivity index (χ1) is 12.0.